The molecule has 2 rings (SSSR count). The highest BCUT2D eigenvalue weighted by molar-refractivity contribution is 6.53. The second kappa shape index (κ2) is 9.15. The molecule has 0 saturated carbocycles. The van der Waals surface area contributed by atoms with Crippen LogP contribution in [-0.2, 0) is 0 Å². The topological polar surface area (TPSA) is 35.5 Å². The van der Waals surface area contributed by atoms with Crippen molar-refractivity contribution in [2.24, 2.45) is 0 Å². The molecule has 0 aromatic heterocycles. The fourth-order valence-corrected chi connectivity index (χ4v) is 3.51. The molecule has 0 aliphatic carbocycles. The number of rotatable bonds is 8. The van der Waals surface area contributed by atoms with Crippen molar-refractivity contribution in [3.8, 4) is 11.5 Å². The summed E-state index contributed by atoms with van der Waals surface area (Å²) in [6.07, 6.45) is 2.20. The Morgan fingerprint density at radius 3 is 2.17 bits per heavy atom. The predicted octanol–water partition coefficient (Wildman–Crippen LogP) is 3.32. The van der Waals surface area contributed by atoms with Gasteiger partial charge in [0.15, 0.2) is 0 Å². The highest BCUT2D eigenvalue weighted by Crippen LogP contribution is 2.15. The third kappa shape index (κ3) is 5.56. The average molecular weight is 328 g/mol. The molecule has 0 N–H and O–H groups in total. The van der Waals surface area contributed by atoms with Crippen LogP contribution in [0.4, 0.5) is 0 Å². The predicted molar refractivity (Wildman–Crippen MR) is 96.9 cm³/mol. The van der Waals surface area contributed by atoms with Gasteiger partial charge in [-0.15, -0.1) is 0 Å². The summed E-state index contributed by atoms with van der Waals surface area (Å²) >= 11 is 0. The molecule has 23 heavy (non-hydrogen) atoms. The molecule has 122 valence electrons. The van der Waals surface area contributed by atoms with Crippen molar-refractivity contribution < 1.29 is 14.3 Å². The SMILES string of the molecule is CCCOc1ccc(C(=O)Oc2ccc([SiH2]CCC)cc2)cc1. The van der Waals surface area contributed by atoms with Crippen LogP contribution in [0.25, 0.3) is 0 Å². The first kappa shape index (κ1) is 17.3. The zero-order chi connectivity index (χ0) is 16.5. The lowest BCUT2D eigenvalue weighted by Crippen LogP contribution is -2.13. The molecule has 0 saturated heterocycles. The zero-order valence-corrected chi connectivity index (χ0v) is 15.3. The summed E-state index contributed by atoms with van der Waals surface area (Å²) in [5, 5.41) is 1.41. The van der Waals surface area contributed by atoms with Gasteiger partial charge in [0.25, 0.3) is 0 Å². The van der Waals surface area contributed by atoms with Gasteiger partial charge in [0.1, 0.15) is 11.5 Å². The van der Waals surface area contributed by atoms with Crippen molar-refractivity contribution in [1.82, 2.24) is 0 Å². The van der Waals surface area contributed by atoms with E-state index >= 15 is 0 Å². The first-order valence-corrected chi connectivity index (χ1v) is 9.97. The van der Waals surface area contributed by atoms with E-state index in [1.807, 2.05) is 12.1 Å². The molecule has 3 nitrogen and oxygen atoms in total. The summed E-state index contributed by atoms with van der Waals surface area (Å²) in [6, 6.07) is 16.3. The molecular weight excluding hydrogens is 304 g/mol. The standard InChI is InChI=1S/C19H24O3Si/c1-3-13-21-16-7-5-15(6-8-16)19(20)22-17-9-11-18(12-10-17)23-14-4-2/h5-12H,3-4,13-14,23H2,1-2H3. The maximum atomic E-state index is 12.1. The van der Waals surface area contributed by atoms with Crippen molar-refractivity contribution in [1.29, 1.82) is 0 Å². The Balaban J connectivity index is 1.93. The van der Waals surface area contributed by atoms with Crippen LogP contribution in [0.5, 0.6) is 11.5 Å². The summed E-state index contributed by atoms with van der Waals surface area (Å²) in [5.74, 6) is 1.02. The molecular formula is C19H24O3Si. The molecule has 0 amide bonds. The summed E-state index contributed by atoms with van der Waals surface area (Å²) in [4.78, 5) is 12.1. The van der Waals surface area contributed by atoms with Gasteiger partial charge in [-0.25, -0.2) is 4.79 Å². The fourth-order valence-electron chi connectivity index (χ4n) is 2.18. The van der Waals surface area contributed by atoms with Crippen LogP contribution < -0.4 is 14.7 Å². The van der Waals surface area contributed by atoms with E-state index in [9.17, 15) is 4.79 Å². The number of esters is 1. The molecule has 2 aromatic carbocycles. The molecule has 0 heterocycles. The molecule has 0 aliphatic rings. The molecule has 0 unspecified atom stereocenters. The number of ether oxygens (including phenoxy) is 2. The molecule has 0 atom stereocenters. The van der Waals surface area contributed by atoms with Crippen molar-refractivity contribution >= 4 is 20.7 Å². The summed E-state index contributed by atoms with van der Waals surface area (Å²) in [7, 11) is -0.171. The lowest BCUT2D eigenvalue weighted by atomic mass is 10.2. The quantitative estimate of drug-likeness (QED) is 0.424. The normalized spacial score (nSPS) is 10.9. The van der Waals surface area contributed by atoms with Crippen LogP contribution in [0.3, 0.4) is 0 Å². The van der Waals surface area contributed by atoms with Crippen LogP contribution >= 0.6 is 0 Å². The molecule has 0 radical (unpaired) electrons. The zero-order valence-electron chi connectivity index (χ0n) is 13.9. The highest BCUT2D eigenvalue weighted by atomic mass is 28.2. The molecule has 2 aromatic rings. The molecule has 0 spiro atoms. The minimum absolute atomic E-state index is 0.171. The average Bonchev–Trinajstić information content (AvgIpc) is 2.59. The first-order chi connectivity index (χ1) is 11.2. The molecule has 0 fully saturated rings. The van der Waals surface area contributed by atoms with E-state index < -0.39 is 0 Å². The van der Waals surface area contributed by atoms with Gasteiger partial charge in [-0.1, -0.05) is 43.6 Å². The van der Waals surface area contributed by atoms with E-state index in [2.05, 4.69) is 26.0 Å². The van der Waals surface area contributed by atoms with E-state index in [1.54, 1.807) is 24.3 Å². The van der Waals surface area contributed by atoms with E-state index in [0.29, 0.717) is 17.9 Å². The Labute approximate surface area is 140 Å². The van der Waals surface area contributed by atoms with Crippen molar-refractivity contribution in [2.45, 2.75) is 32.7 Å². The Hall–Kier alpha value is -2.07. The smallest absolute Gasteiger partial charge is 0.343 e. The lowest BCUT2D eigenvalue weighted by Gasteiger charge is -2.07. The van der Waals surface area contributed by atoms with Gasteiger partial charge in [0, 0.05) is 0 Å². The van der Waals surface area contributed by atoms with E-state index in [4.69, 9.17) is 9.47 Å². The van der Waals surface area contributed by atoms with Gasteiger partial charge >= 0.3 is 5.97 Å². The van der Waals surface area contributed by atoms with Crippen molar-refractivity contribution in [3.05, 3.63) is 54.1 Å². The summed E-state index contributed by atoms with van der Waals surface area (Å²) in [5.41, 5.74) is 0.526. The number of hydrogen-bond donors (Lipinski definition) is 0. The molecule has 0 bridgehead atoms. The monoisotopic (exact) mass is 328 g/mol. The Bertz CT molecular complexity index is 606. The first-order valence-electron chi connectivity index (χ1n) is 8.27. The minimum Gasteiger partial charge on any atom is -0.494 e. The van der Waals surface area contributed by atoms with Crippen LogP contribution in [-0.4, -0.2) is 22.1 Å². The second-order valence-electron chi connectivity index (χ2n) is 5.51. The van der Waals surface area contributed by atoms with Gasteiger partial charge in [-0.3, -0.25) is 0 Å². The number of benzene rings is 2. The lowest BCUT2D eigenvalue weighted by molar-refractivity contribution is 0.0735. The maximum absolute atomic E-state index is 12.1. The Morgan fingerprint density at radius 2 is 1.57 bits per heavy atom. The summed E-state index contributed by atoms with van der Waals surface area (Å²) in [6.45, 7) is 4.95. The van der Waals surface area contributed by atoms with E-state index in [-0.39, 0.29) is 15.5 Å². The van der Waals surface area contributed by atoms with E-state index in [0.717, 1.165) is 12.2 Å². The number of hydrogen-bond acceptors (Lipinski definition) is 3. The second-order valence-corrected chi connectivity index (χ2v) is 7.53. The van der Waals surface area contributed by atoms with Gasteiger partial charge in [-0.05, 0) is 42.8 Å². The Morgan fingerprint density at radius 1 is 0.913 bits per heavy atom. The van der Waals surface area contributed by atoms with Crippen LogP contribution in [0.2, 0.25) is 6.04 Å². The van der Waals surface area contributed by atoms with Gasteiger partial charge in [-0.2, -0.15) is 0 Å². The minimum atomic E-state index is -0.342. The van der Waals surface area contributed by atoms with Crippen molar-refractivity contribution in [3.63, 3.8) is 0 Å². The van der Waals surface area contributed by atoms with E-state index in [1.165, 1.54) is 17.7 Å². The fraction of sp³-hybridized carbons (Fsp3) is 0.316. The van der Waals surface area contributed by atoms with Crippen molar-refractivity contribution in [2.75, 3.05) is 6.61 Å². The van der Waals surface area contributed by atoms with Crippen LogP contribution in [0, 0.1) is 0 Å². The third-order valence-corrected chi connectivity index (χ3v) is 5.63. The maximum Gasteiger partial charge on any atom is 0.343 e. The van der Waals surface area contributed by atoms with Crippen LogP contribution in [0.15, 0.2) is 48.5 Å². The Kier molecular flexibility index (Phi) is 6.88. The molecule has 4 heteroatoms. The third-order valence-electron chi connectivity index (χ3n) is 3.52. The van der Waals surface area contributed by atoms with Gasteiger partial charge < -0.3 is 9.47 Å². The molecule has 0 aliphatic heterocycles. The number of carbonyl (C=O) groups is 1. The highest BCUT2D eigenvalue weighted by Gasteiger charge is 2.08. The summed E-state index contributed by atoms with van der Waals surface area (Å²) < 4.78 is 10.9. The largest absolute Gasteiger partial charge is 0.494 e. The number of carbonyl (C=O) groups excluding carboxylic acids is 1. The van der Waals surface area contributed by atoms with Gasteiger partial charge in [0.2, 0.25) is 0 Å². The van der Waals surface area contributed by atoms with Gasteiger partial charge in [0.05, 0.1) is 21.7 Å². The van der Waals surface area contributed by atoms with Crippen LogP contribution in [0.1, 0.15) is 37.0 Å².